The molecule has 4 aromatic rings. The van der Waals surface area contributed by atoms with Gasteiger partial charge in [-0.15, -0.1) is 0 Å². The lowest BCUT2D eigenvalue weighted by Gasteiger charge is -2.38. The molecule has 0 bridgehead atoms. The number of amides is 2. The van der Waals surface area contributed by atoms with Gasteiger partial charge in [-0.05, 0) is 36.4 Å². The second kappa shape index (κ2) is 9.06. The third-order valence-corrected chi connectivity index (χ3v) is 6.09. The molecule has 0 radical (unpaired) electrons. The summed E-state index contributed by atoms with van der Waals surface area (Å²) in [6.45, 7) is 0. The van der Waals surface area contributed by atoms with Crippen LogP contribution in [0.25, 0.3) is 11.0 Å². The number of benzene rings is 3. The van der Waals surface area contributed by atoms with Crippen LogP contribution in [0.3, 0.4) is 0 Å². The van der Waals surface area contributed by atoms with Crippen LogP contribution < -0.4 is 10.2 Å². The highest BCUT2D eigenvalue weighted by molar-refractivity contribution is 6.31. The van der Waals surface area contributed by atoms with E-state index in [4.69, 9.17) is 16.3 Å². The SMILES string of the molecule is COC(=O)Nc1nc2ccc(C3(OC(=O)C(F)(F)F)c4ccccc4C(=O)N3c3cccc(Cl)c3)cc2[nH]1. The van der Waals surface area contributed by atoms with Crippen molar-refractivity contribution >= 4 is 52.2 Å². The summed E-state index contributed by atoms with van der Waals surface area (Å²) in [7, 11) is 1.16. The number of aromatic nitrogens is 2. The molecular weight excluding hydrogens is 529 g/mol. The lowest BCUT2D eigenvalue weighted by atomic mass is 9.92. The summed E-state index contributed by atoms with van der Waals surface area (Å²) in [6.07, 6.45) is -6.18. The predicted octanol–water partition coefficient (Wildman–Crippen LogP) is 5.36. The van der Waals surface area contributed by atoms with Gasteiger partial charge in [-0.2, -0.15) is 13.2 Å². The Kier molecular flexibility index (Phi) is 5.98. The Morgan fingerprint density at radius 3 is 2.55 bits per heavy atom. The normalized spacial score (nSPS) is 16.9. The number of alkyl halides is 3. The quantitative estimate of drug-likeness (QED) is 0.334. The van der Waals surface area contributed by atoms with Gasteiger partial charge in [-0.1, -0.05) is 41.9 Å². The first-order valence-corrected chi connectivity index (χ1v) is 11.3. The minimum Gasteiger partial charge on any atom is -0.453 e. The summed E-state index contributed by atoms with van der Waals surface area (Å²) in [4.78, 5) is 45.6. The van der Waals surface area contributed by atoms with E-state index in [9.17, 15) is 27.6 Å². The van der Waals surface area contributed by atoms with Crippen LogP contribution in [0.1, 0.15) is 21.5 Å². The number of methoxy groups -OCH3 is 1. The maximum Gasteiger partial charge on any atom is 0.491 e. The number of hydrogen-bond donors (Lipinski definition) is 2. The fourth-order valence-corrected chi connectivity index (χ4v) is 4.51. The summed E-state index contributed by atoms with van der Waals surface area (Å²) in [5.41, 5.74) is -1.67. The van der Waals surface area contributed by atoms with Gasteiger partial charge in [0.2, 0.25) is 11.7 Å². The maximum absolute atomic E-state index is 13.7. The molecule has 1 aliphatic heterocycles. The summed E-state index contributed by atoms with van der Waals surface area (Å²) >= 11 is 6.15. The first-order valence-electron chi connectivity index (χ1n) is 10.9. The molecule has 1 unspecified atom stereocenters. The van der Waals surface area contributed by atoms with Gasteiger partial charge in [0.05, 0.1) is 23.8 Å². The van der Waals surface area contributed by atoms with E-state index >= 15 is 0 Å². The van der Waals surface area contributed by atoms with E-state index in [1.165, 1.54) is 66.7 Å². The highest BCUT2D eigenvalue weighted by Gasteiger charge is 2.58. The van der Waals surface area contributed by atoms with Crippen molar-refractivity contribution in [3.05, 3.63) is 88.4 Å². The Bertz CT molecular complexity index is 1610. The molecule has 0 saturated carbocycles. The van der Waals surface area contributed by atoms with Gasteiger partial charge in [0.25, 0.3) is 5.91 Å². The number of carbonyl (C=O) groups is 3. The molecular formula is C25H16ClF3N4O5. The van der Waals surface area contributed by atoms with Gasteiger partial charge < -0.3 is 14.5 Å². The van der Waals surface area contributed by atoms with Crippen molar-refractivity contribution in [2.24, 2.45) is 0 Å². The van der Waals surface area contributed by atoms with Crippen LogP contribution in [-0.2, 0) is 20.0 Å². The van der Waals surface area contributed by atoms with Crippen LogP contribution in [-0.4, -0.2) is 41.2 Å². The fourth-order valence-electron chi connectivity index (χ4n) is 4.33. The molecule has 0 spiro atoms. The van der Waals surface area contributed by atoms with Crippen LogP contribution in [0.4, 0.5) is 29.6 Å². The monoisotopic (exact) mass is 544 g/mol. The maximum atomic E-state index is 13.7. The number of aromatic amines is 1. The number of fused-ring (bicyclic) bond motifs is 2. The molecule has 5 rings (SSSR count). The molecule has 38 heavy (non-hydrogen) atoms. The highest BCUT2D eigenvalue weighted by Crippen LogP contribution is 2.49. The number of nitrogens with zero attached hydrogens (tertiary/aromatic N) is 2. The van der Waals surface area contributed by atoms with Crippen molar-refractivity contribution in [1.29, 1.82) is 0 Å². The molecule has 3 aromatic carbocycles. The molecule has 9 nitrogen and oxygen atoms in total. The number of H-pyrrole nitrogens is 1. The Balaban J connectivity index is 1.78. The molecule has 194 valence electrons. The molecule has 0 aliphatic carbocycles. The second-order valence-corrected chi connectivity index (χ2v) is 8.57. The van der Waals surface area contributed by atoms with Crippen LogP contribution in [0, 0.1) is 0 Å². The molecule has 0 saturated heterocycles. The van der Waals surface area contributed by atoms with Gasteiger partial charge in [0, 0.05) is 21.7 Å². The largest absolute Gasteiger partial charge is 0.491 e. The van der Waals surface area contributed by atoms with E-state index in [-0.39, 0.29) is 38.9 Å². The molecule has 2 amide bonds. The van der Waals surface area contributed by atoms with Gasteiger partial charge in [0.15, 0.2) is 0 Å². The lowest BCUT2D eigenvalue weighted by molar-refractivity contribution is -0.211. The second-order valence-electron chi connectivity index (χ2n) is 8.13. The van der Waals surface area contributed by atoms with Gasteiger partial charge in [0.1, 0.15) is 0 Å². The minimum atomic E-state index is -5.37. The summed E-state index contributed by atoms with van der Waals surface area (Å²) in [5, 5.41) is 2.55. The van der Waals surface area contributed by atoms with Crippen molar-refractivity contribution < 1.29 is 37.0 Å². The Morgan fingerprint density at radius 1 is 1.08 bits per heavy atom. The number of anilines is 2. The number of hydrogen-bond acceptors (Lipinski definition) is 6. The Hall–Kier alpha value is -4.58. The van der Waals surface area contributed by atoms with Gasteiger partial charge in [-0.3, -0.25) is 15.0 Å². The predicted molar refractivity (Wildman–Crippen MR) is 130 cm³/mol. The molecule has 1 aromatic heterocycles. The van der Waals surface area contributed by atoms with Crippen LogP contribution >= 0.6 is 11.6 Å². The topological polar surface area (TPSA) is 114 Å². The fraction of sp³-hybridized carbons (Fsp3) is 0.120. The van der Waals surface area contributed by atoms with E-state index in [2.05, 4.69) is 20.0 Å². The van der Waals surface area contributed by atoms with Gasteiger partial charge >= 0.3 is 18.2 Å². The standard InChI is InChI=1S/C25H16ClF3N4O5/c1-37-23(36)32-22-30-18-10-9-13(11-19(18)31-22)24(38-21(35)25(27,28)29)17-8-3-2-7-16(17)20(34)33(24)15-6-4-5-14(26)12-15/h2-12H,1H3,(H2,30,31,32,36). The summed E-state index contributed by atoms with van der Waals surface area (Å²) in [5.74, 6) is -3.22. The number of rotatable bonds is 4. The molecule has 2 N–H and O–H groups in total. The van der Waals surface area contributed by atoms with Crippen LogP contribution in [0.5, 0.6) is 0 Å². The van der Waals surface area contributed by atoms with E-state index in [1.54, 1.807) is 0 Å². The van der Waals surface area contributed by atoms with E-state index in [0.29, 0.717) is 5.52 Å². The number of halogens is 4. The van der Waals surface area contributed by atoms with Crippen molar-refractivity contribution in [1.82, 2.24) is 9.97 Å². The molecule has 13 heteroatoms. The number of imidazole rings is 1. The minimum absolute atomic E-state index is 0.0000629. The molecule has 1 atom stereocenters. The number of carbonyl (C=O) groups excluding carboxylic acids is 3. The van der Waals surface area contributed by atoms with E-state index in [1.807, 2.05) is 0 Å². The zero-order chi connectivity index (χ0) is 27.2. The average Bonchev–Trinajstić information content (AvgIpc) is 3.39. The summed E-state index contributed by atoms with van der Waals surface area (Å²) < 4.78 is 50.6. The number of ether oxygens (including phenoxy) is 2. The lowest BCUT2D eigenvalue weighted by Crippen LogP contribution is -2.50. The summed E-state index contributed by atoms with van der Waals surface area (Å²) in [6, 6.07) is 15.9. The first kappa shape index (κ1) is 25.1. The molecule has 1 aliphatic rings. The third-order valence-electron chi connectivity index (χ3n) is 5.86. The van der Waals surface area contributed by atoms with E-state index in [0.717, 1.165) is 12.0 Å². The zero-order valence-electron chi connectivity index (χ0n) is 19.3. The average molecular weight is 545 g/mol. The van der Waals surface area contributed by atoms with Gasteiger partial charge in [-0.25, -0.2) is 14.6 Å². The van der Waals surface area contributed by atoms with Crippen molar-refractivity contribution in [3.63, 3.8) is 0 Å². The zero-order valence-corrected chi connectivity index (χ0v) is 20.1. The van der Waals surface area contributed by atoms with Crippen LogP contribution in [0.15, 0.2) is 66.7 Å². The van der Waals surface area contributed by atoms with Crippen molar-refractivity contribution in [3.8, 4) is 0 Å². The van der Waals surface area contributed by atoms with Crippen LogP contribution in [0.2, 0.25) is 5.02 Å². The van der Waals surface area contributed by atoms with Crippen molar-refractivity contribution in [2.75, 3.05) is 17.3 Å². The molecule has 2 heterocycles. The first-order chi connectivity index (χ1) is 18.0. The van der Waals surface area contributed by atoms with E-state index < -0.39 is 29.9 Å². The third kappa shape index (κ3) is 4.08. The highest BCUT2D eigenvalue weighted by atomic mass is 35.5. The Morgan fingerprint density at radius 2 is 1.84 bits per heavy atom. The smallest absolute Gasteiger partial charge is 0.453 e. The Labute approximate surface area is 217 Å². The molecule has 0 fully saturated rings. The number of esters is 1. The van der Waals surface area contributed by atoms with Crippen molar-refractivity contribution in [2.45, 2.75) is 11.9 Å². The number of nitrogens with one attached hydrogen (secondary N) is 2.